The van der Waals surface area contributed by atoms with Gasteiger partial charge in [0.15, 0.2) is 0 Å². The van der Waals surface area contributed by atoms with E-state index in [1.807, 2.05) is 6.92 Å². The van der Waals surface area contributed by atoms with Crippen LogP contribution in [0.25, 0.3) is 0 Å². The molecule has 4 nitrogen and oxygen atoms in total. The molecule has 1 saturated carbocycles. The quantitative estimate of drug-likeness (QED) is 0.696. The van der Waals surface area contributed by atoms with Crippen LogP contribution in [0.2, 0.25) is 0 Å². The van der Waals surface area contributed by atoms with Crippen LogP contribution in [0.1, 0.15) is 52.9 Å². The van der Waals surface area contributed by atoms with Crippen molar-refractivity contribution < 1.29 is 9.53 Å². The molecule has 0 unspecified atom stereocenters. The Bertz CT molecular complexity index is 259. The minimum Gasteiger partial charge on any atom is -0.378 e. The predicted molar refractivity (Wildman–Crippen MR) is 73.3 cm³/mol. The van der Waals surface area contributed by atoms with Gasteiger partial charge in [0.25, 0.3) is 0 Å². The van der Waals surface area contributed by atoms with Crippen LogP contribution in [0, 0.1) is 5.92 Å². The van der Waals surface area contributed by atoms with Crippen LogP contribution in [0.15, 0.2) is 0 Å². The molecule has 1 aliphatic rings. The van der Waals surface area contributed by atoms with Gasteiger partial charge in [-0.3, -0.25) is 4.79 Å². The molecule has 1 fully saturated rings. The first kappa shape index (κ1) is 15.4. The SMILES string of the molecule is CCOC1CC(CC(=O)NCC(N)(CC)CC)C1. The highest BCUT2D eigenvalue weighted by Crippen LogP contribution is 2.32. The fourth-order valence-electron chi connectivity index (χ4n) is 2.32. The molecule has 0 spiro atoms. The molecule has 0 heterocycles. The van der Waals surface area contributed by atoms with E-state index in [0.717, 1.165) is 32.3 Å². The summed E-state index contributed by atoms with van der Waals surface area (Å²) in [5.41, 5.74) is 5.90. The summed E-state index contributed by atoms with van der Waals surface area (Å²) in [6, 6.07) is 0. The Hall–Kier alpha value is -0.610. The highest BCUT2D eigenvalue weighted by molar-refractivity contribution is 5.76. The van der Waals surface area contributed by atoms with E-state index >= 15 is 0 Å². The Kier molecular flexibility index (Phi) is 6.09. The maximum absolute atomic E-state index is 11.8. The molecule has 0 aromatic carbocycles. The molecule has 18 heavy (non-hydrogen) atoms. The Morgan fingerprint density at radius 2 is 1.94 bits per heavy atom. The fourth-order valence-corrected chi connectivity index (χ4v) is 2.32. The fraction of sp³-hybridized carbons (Fsp3) is 0.929. The van der Waals surface area contributed by atoms with Crippen LogP contribution in [-0.4, -0.2) is 30.7 Å². The van der Waals surface area contributed by atoms with E-state index in [9.17, 15) is 4.79 Å². The molecular weight excluding hydrogens is 228 g/mol. The molecular formula is C14H28N2O2. The summed E-state index contributed by atoms with van der Waals surface area (Å²) in [7, 11) is 0. The largest absolute Gasteiger partial charge is 0.378 e. The highest BCUT2D eigenvalue weighted by Gasteiger charge is 2.31. The summed E-state index contributed by atoms with van der Waals surface area (Å²) in [6.45, 7) is 7.49. The third-order valence-corrected chi connectivity index (χ3v) is 4.11. The molecule has 0 aromatic heterocycles. The zero-order valence-corrected chi connectivity index (χ0v) is 12.0. The maximum Gasteiger partial charge on any atom is 0.220 e. The number of amides is 1. The number of carbonyl (C=O) groups excluding carboxylic acids is 1. The summed E-state index contributed by atoms with van der Waals surface area (Å²) in [5, 5.41) is 2.97. The molecule has 1 amide bonds. The number of hydrogen-bond donors (Lipinski definition) is 2. The molecule has 0 aliphatic heterocycles. The Morgan fingerprint density at radius 3 is 2.44 bits per heavy atom. The second kappa shape index (κ2) is 7.10. The normalized spacial score (nSPS) is 23.6. The topological polar surface area (TPSA) is 64.3 Å². The van der Waals surface area contributed by atoms with Crippen molar-refractivity contribution in [3.63, 3.8) is 0 Å². The minimum atomic E-state index is -0.247. The Morgan fingerprint density at radius 1 is 1.33 bits per heavy atom. The summed E-state index contributed by atoms with van der Waals surface area (Å²) < 4.78 is 5.49. The average molecular weight is 256 g/mol. The molecule has 0 aromatic rings. The first-order valence-corrected chi connectivity index (χ1v) is 7.20. The van der Waals surface area contributed by atoms with E-state index in [0.29, 0.717) is 25.0 Å². The molecule has 3 N–H and O–H groups in total. The van der Waals surface area contributed by atoms with Crippen molar-refractivity contribution in [2.45, 2.75) is 64.5 Å². The van der Waals surface area contributed by atoms with Gasteiger partial charge < -0.3 is 15.8 Å². The number of ether oxygens (including phenoxy) is 1. The molecule has 0 atom stereocenters. The summed E-state index contributed by atoms with van der Waals surface area (Å²) in [6.07, 6.45) is 4.83. The lowest BCUT2D eigenvalue weighted by molar-refractivity contribution is -0.124. The highest BCUT2D eigenvalue weighted by atomic mass is 16.5. The van der Waals surface area contributed by atoms with E-state index < -0.39 is 0 Å². The Balaban J connectivity index is 2.15. The average Bonchev–Trinajstić information content (AvgIpc) is 2.33. The zero-order chi connectivity index (χ0) is 13.6. The van der Waals surface area contributed by atoms with Gasteiger partial charge in [-0.2, -0.15) is 0 Å². The monoisotopic (exact) mass is 256 g/mol. The predicted octanol–water partition coefficient (Wildman–Crippen LogP) is 1.83. The van der Waals surface area contributed by atoms with Crippen molar-refractivity contribution in [3.05, 3.63) is 0 Å². The summed E-state index contributed by atoms with van der Waals surface area (Å²) >= 11 is 0. The standard InChI is InChI=1S/C14H28N2O2/c1-4-14(15,5-2)10-16-13(17)9-11-7-12(8-11)18-6-3/h11-12H,4-10,15H2,1-3H3,(H,16,17). The van der Waals surface area contributed by atoms with Crippen molar-refractivity contribution in [1.82, 2.24) is 5.32 Å². The first-order chi connectivity index (χ1) is 8.53. The summed E-state index contributed by atoms with van der Waals surface area (Å²) in [4.78, 5) is 11.8. The molecule has 106 valence electrons. The molecule has 1 rings (SSSR count). The van der Waals surface area contributed by atoms with Gasteiger partial charge in [0.05, 0.1) is 6.10 Å². The van der Waals surface area contributed by atoms with Crippen LogP contribution in [0.5, 0.6) is 0 Å². The third kappa shape index (κ3) is 4.58. The van der Waals surface area contributed by atoms with E-state index in [1.165, 1.54) is 0 Å². The van der Waals surface area contributed by atoms with Crippen LogP contribution >= 0.6 is 0 Å². The number of nitrogens with two attached hydrogens (primary N) is 1. The van der Waals surface area contributed by atoms with Crippen molar-refractivity contribution in [2.24, 2.45) is 11.7 Å². The van der Waals surface area contributed by atoms with E-state index in [-0.39, 0.29) is 11.4 Å². The van der Waals surface area contributed by atoms with Gasteiger partial charge in [-0.1, -0.05) is 13.8 Å². The minimum absolute atomic E-state index is 0.131. The van der Waals surface area contributed by atoms with Crippen LogP contribution in [0.4, 0.5) is 0 Å². The lowest BCUT2D eigenvalue weighted by Crippen LogP contribution is -2.49. The van der Waals surface area contributed by atoms with Crippen molar-refractivity contribution in [2.75, 3.05) is 13.2 Å². The van der Waals surface area contributed by atoms with Crippen molar-refractivity contribution in [3.8, 4) is 0 Å². The van der Waals surface area contributed by atoms with Gasteiger partial charge in [0, 0.05) is 25.1 Å². The van der Waals surface area contributed by atoms with Crippen molar-refractivity contribution >= 4 is 5.91 Å². The van der Waals surface area contributed by atoms with Gasteiger partial charge in [-0.05, 0) is 38.5 Å². The second-order valence-electron chi connectivity index (χ2n) is 5.47. The molecule has 0 radical (unpaired) electrons. The number of nitrogens with one attached hydrogen (secondary N) is 1. The Labute approximate surface area is 111 Å². The maximum atomic E-state index is 11.8. The molecule has 0 saturated heterocycles. The van der Waals surface area contributed by atoms with Gasteiger partial charge in [-0.25, -0.2) is 0 Å². The van der Waals surface area contributed by atoms with E-state index in [2.05, 4.69) is 19.2 Å². The lowest BCUT2D eigenvalue weighted by Gasteiger charge is -2.35. The lowest BCUT2D eigenvalue weighted by atomic mass is 9.80. The number of rotatable bonds is 8. The zero-order valence-electron chi connectivity index (χ0n) is 12.0. The van der Waals surface area contributed by atoms with Gasteiger partial charge in [0.2, 0.25) is 5.91 Å². The van der Waals surface area contributed by atoms with Crippen molar-refractivity contribution in [1.29, 1.82) is 0 Å². The van der Waals surface area contributed by atoms with Gasteiger partial charge >= 0.3 is 0 Å². The van der Waals surface area contributed by atoms with Crippen LogP contribution < -0.4 is 11.1 Å². The summed E-state index contributed by atoms with van der Waals surface area (Å²) in [5.74, 6) is 0.628. The number of carbonyl (C=O) groups is 1. The van der Waals surface area contributed by atoms with E-state index in [4.69, 9.17) is 10.5 Å². The molecule has 1 aliphatic carbocycles. The third-order valence-electron chi connectivity index (χ3n) is 4.11. The van der Waals surface area contributed by atoms with Crippen LogP contribution in [0.3, 0.4) is 0 Å². The first-order valence-electron chi connectivity index (χ1n) is 7.20. The molecule has 4 heteroatoms. The smallest absolute Gasteiger partial charge is 0.220 e. The van der Waals surface area contributed by atoms with Gasteiger partial charge in [-0.15, -0.1) is 0 Å². The van der Waals surface area contributed by atoms with E-state index in [1.54, 1.807) is 0 Å². The second-order valence-corrected chi connectivity index (χ2v) is 5.47. The van der Waals surface area contributed by atoms with Gasteiger partial charge in [0.1, 0.15) is 0 Å². The van der Waals surface area contributed by atoms with Crippen LogP contribution in [-0.2, 0) is 9.53 Å². The molecule has 0 bridgehead atoms. The number of hydrogen-bond acceptors (Lipinski definition) is 3.